The summed E-state index contributed by atoms with van der Waals surface area (Å²) in [5.74, 6) is 0.440. The molecular weight excluding hydrogens is 298 g/mol. The van der Waals surface area contributed by atoms with Gasteiger partial charge in [0.2, 0.25) is 0 Å². The van der Waals surface area contributed by atoms with Crippen LogP contribution in [-0.2, 0) is 15.6 Å². The first-order valence-electron chi connectivity index (χ1n) is 7.79. The van der Waals surface area contributed by atoms with Gasteiger partial charge < -0.3 is 15.2 Å². The molecule has 0 aliphatic carbocycles. The first-order chi connectivity index (χ1) is 9.60. The lowest BCUT2D eigenvalue weighted by Gasteiger charge is -2.31. The quantitative estimate of drug-likeness (QED) is 0.817. The zero-order chi connectivity index (χ0) is 15.8. The standard InChI is InChI=1S/C18H29NO2.ClH/c1-17(2,3)13-9-12(15-11-21-8-7-19-15)10-14(16(13)20)18(4,5)6;/h9-10,15,19-20H,7-8,11H2,1-6H3;1H/t15-;/m0./s1. The summed E-state index contributed by atoms with van der Waals surface area (Å²) >= 11 is 0. The van der Waals surface area contributed by atoms with E-state index in [4.69, 9.17) is 4.74 Å². The fourth-order valence-electron chi connectivity index (χ4n) is 2.78. The lowest BCUT2D eigenvalue weighted by Crippen LogP contribution is -2.35. The molecule has 1 aliphatic rings. The monoisotopic (exact) mass is 327 g/mol. The molecule has 4 heteroatoms. The molecule has 0 radical (unpaired) electrons. The van der Waals surface area contributed by atoms with E-state index in [0.29, 0.717) is 12.4 Å². The van der Waals surface area contributed by atoms with Crippen molar-refractivity contribution in [2.75, 3.05) is 19.8 Å². The highest BCUT2D eigenvalue weighted by Crippen LogP contribution is 2.40. The van der Waals surface area contributed by atoms with Crippen LogP contribution in [0, 0.1) is 0 Å². The van der Waals surface area contributed by atoms with Crippen molar-refractivity contribution in [2.24, 2.45) is 0 Å². The Hall–Kier alpha value is -0.770. The van der Waals surface area contributed by atoms with Gasteiger partial charge in [-0.15, -0.1) is 12.4 Å². The molecule has 1 atom stereocenters. The Balaban J connectivity index is 0.00000242. The highest BCUT2D eigenvalue weighted by Gasteiger charge is 2.28. The Morgan fingerprint density at radius 1 is 1.05 bits per heavy atom. The second-order valence-corrected chi connectivity index (χ2v) is 8.05. The minimum Gasteiger partial charge on any atom is -0.507 e. The number of benzene rings is 1. The summed E-state index contributed by atoms with van der Waals surface area (Å²) < 4.78 is 5.59. The summed E-state index contributed by atoms with van der Waals surface area (Å²) in [6.45, 7) is 15.2. The molecule has 1 fully saturated rings. The van der Waals surface area contributed by atoms with Gasteiger partial charge in [0.15, 0.2) is 0 Å². The van der Waals surface area contributed by atoms with Crippen LogP contribution in [0.25, 0.3) is 0 Å². The summed E-state index contributed by atoms with van der Waals surface area (Å²) in [7, 11) is 0. The Kier molecular flexibility index (Phi) is 5.94. The van der Waals surface area contributed by atoms with Crippen LogP contribution in [0.3, 0.4) is 0 Å². The fraction of sp³-hybridized carbons (Fsp3) is 0.667. The van der Waals surface area contributed by atoms with Crippen molar-refractivity contribution in [2.45, 2.75) is 58.4 Å². The molecule has 0 amide bonds. The molecule has 1 heterocycles. The van der Waals surface area contributed by atoms with Crippen LogP contribution in [0.15, 0.2) is 12.1 Å². The maximum Gasteiger partial charge on any atom is 0.123 e. The number of morpholine rings is 1. The molecule has 22 heavy (non-hydrogen) atoms. The maximum atomic E-state index is 10.7. The number of hydrogen-bond acceptors (Lipinski definition) is 3. The summed E-state index contributed by atoms with van der Waals surface area (Å²) in [5.41, 5.74) is 3.06. The molecule has 2 N–H and O–H groups in total. The second-order valence-electron chi connectivity index (χ2n) is 8.05. The Morgan fingerprint density at radius 2 is 1.55 bits per heavy atom. The number of halogens is 1. The number of ether oxygens (including phenoxy) is 1. The third kappa shape index (κ3) is 4.15. The molecule has 1 saturated heterocycles. The maximum absolute atomic E-state index is 10.7. The largest absolute Gasteiger partial charge is 0.507 e. The van der Waals surface area contributed by atoms with Crippen LogP contribution < -0.4 is 5.32 Å². The molecular formula is C18H30ClNO2. The normalized spacial score (nSPS) is 19.6. The van der Waals surface area contributed by atoms with Gasteiger partial charge in [0, 0.05) is 6.54 Å². The lowest BCUT2D eigenvalue weighted by atomic mass is 9.77. The second kappa shape index (κ2) is 6.77. The minimum atomic E-state index is -0.0877. The number of hydrogen-bond donors (Lipinski definition) is 2. The number of aromatic hydroxyl groups is 1. The molecule has 126 valence electrons. The van der Waals surface area contributed by atoms with E-state index < -0.39 is 0 Å². The number of nitrogens with one attached hydrogen (secondary N) is 1. The molecule has 2 rings (SSSR count). The molecule has 0 saturated carbocycles. The number of rotatable bonds is 1. The van der Waals surface area contributed by atoms with Crippen LogP contribution in [0.2, 0.25) is 0 Å². The molecule has 1 aromatic carbocycles. The van der Waals surface area contributed by atoms with E-state index in [1.165, 1.54) is 5.56 Å². The molecule has 1 aliphatic heterocycles. The summed E-state index contributed by atoms with van der Waals surface area (Å²) in [6.07, 6.45) is 0. The zero-order valence-electron chi connectivity index (χ0n) is 14.6. The Labute approximate surface area is 140 Å². The predicted molar refractivity (Wildman–Crippen MR) is 94.3 cm³/mol. The SMILES string of the molecule is CC(C)(C)c1cc([C@@H]2COCCN2)cc(C(C)(C)C)c1O.Cl. The van der Waals surface area contributed by atoms with Gasteiger partial charge >= 0.3 is 0 Å². The van der Waals surface area contributed by atoms with Crippen molar-refractivity contribution in [3.8, 4) is 5.75 Å². The van der Waals surface area contributed by atoms with E-state index in [1.807, 2.05) is 0 Å². The third-order valence-corrected chi connectivity index (χ3v) is 4.07. The highest BCUT2D eigenvalue weighted by molar-refractivity contribution is 5.85. The van der Waals surface area contributed by atoms with Gasteiger partial charge in [-0.1, -0.05) is 41.5 Å². The predicted octanol–water partition coefficient (Wildman–Crippen LogP) is 4.07. The van der Waals surface area contributed by atoms with E-state index in [9.17, 15) is 5.11 Å². The van der Waals surface area contributed by atoms with E-state index >= 15 is 0 Å². The zero-order valence-corrected chi connectivity index (χ0v) is 15.4. The lowest BCUT2D eigenvalue weighted by molar-refractivity contribution is 0.0767. The molecule has 3 nitrogen and oxygen atoms in total. The van der Waals surface area contributed by atoms with E-state index in [1.54, 1.807) is 0 Å². The van der Waals surface area contributed by atoms with Crippen molar-refractivity contribution >= 4 is 12.4 Å². The van der Waals surface area contributed by atoms with Gasteiger partial charge in [-0.05, 0) is 39.7 Å². The topological polar surface area (TPSA) is 41.5 Å². The molecule has 1 aromatic rings. The van der Waals surface area contributed by atoms with Gasteiger partial charge in [0.25, 0.3) is 0 Å². The van der Waals surface area contributed by atoms with Crippen LogP contribution in [0.5, 0.6) is 5.75 Å². The summed E-state index contributed by atoms with van der Waals surface area (Å²) in [6, 6.07) is 4.48. The summed E-state index contributed by atoms with van der Waals surface area (Å²) in [5, 5.41) is 14.2. The van der Waals surface area contributed by atoms with Gasteiger partial charge in [-0.25, -0.2) is 0 Å². The highest BCUT2D eigenvalue weighted by atomic mass is 35.5. The minimum absolute atomic E-state index is 0. The van der Waals surface area contributed by atoms with Crippen molar-refractivity contribution in [1.82, 2.24) is 5.32 Å². The third-order valence-electron chi connectivity index (χ3n) is 4.07. The number of phenols is 1. The first kappa shape index (κ1) is 19.3. The van der Waals surface area contributed by atoms with Crippen LogP contribution >= 0.6 is 12.4 Å². The summed E-state index contributed by atoms with van der Waals surface area (Å²) in [4.78, 5) is 0. The fourth-order valence-corrected chi connectivity index (χ4v) is 2.78. The van der Waals surface area contributed by atoms with Gasteiger partial charge in [0.1, 0.15) is 5.75 Å². The van der Waals surface area contributed by atoms with Gasteiger partial charge in [-0.2, -0.15) is 0 Å². The molecule has 0 aromatic heterocycles. The Morgan fingerprint density at radius 3 is 1.91 bits per heavy atom. The van der Waals surface area contributed by atoms with Crippen molar-refractivity contribution in [3.63, 3.8) is 0 Å². The first-order valence-corrected chi connectivity index (χ1v) is 7.79. The molecule has 0 unspecified atom stereocenters. The van der Waals surface area contributed by atoms with Crippen LogP contribution in [0.4, 0.5) is 0 Å². The average Bonchev–Trinajstić information content (AvgIpc) is 2.37. The van der Waals surface area contributed by atoms with Crippen molar-refractivity contribution in [1.29, 1.82) is 0 Å². The van der Waals surface area contributed by atoms with Gasteiger partial charge in [0.05, 0.1) is 19.3 Å². The van der Waals surface area contributed by atoms with Crippen LogP contribution in [0.1, 0.15) is 64.3 Å². The molecule has 0 spiro atoms. The Bertz CT molecular complexity index is 474. The van der Waals surface area contributed by atoms with E-state index in [2.05, 4.69) is 59.0 Å². The van der Waals surface area contributed by atoms with E-state index in [0.717, 1.165) is 24.3 Å². The van der Waals surface area contributed by atoms with Crippen LogP contribution in [-0.4, -0.2) is 24.9 Å². The van der Waals surface area contributed by atoms with Crippen molar-refractivity contribution < 1.29 is 9.84 Å². The molecule has 0 bridgehead atoms. The average molecular weight is 328 g/mol. The van der Waals surface area contributed by atoms with E-state index in [-0.39, 0.29) is 29.3 Å². The number of phenolic OH excluding ortho intramolecular Hbond substituents is 1. The van der Waals surface area contributed by atoms with Gasteiger partial charge in [-0.3, -0.25) is 0 Å². The van der Waals surface area contributed by atoms with Crippen molar-refractivity contribution in [3.05, 3.63) is 28.8 Å². The smallest absolute Gasteiger partial charge is 0.123 e.